The molecule has 48 heavy (non-hydrogen) atoms. The Morgan fingerprint density at radius 3 is 1.52 bits per heavy atom. The number of alkyl halides is 9. The summed E-state index contributed by atoms with van der Waals surface area (Å²) in [5.41, 5.74) is 15.9. The van der Waals surface area contributed by atoms with E-state index in [1.54, 1.807) is 0 Å². The van der Waals surface area contributed by atoms with Crippen LogP contribution in [0.4, 0.5) is 44.3 Å². The maximum Gasteiger partial charge on any atom is 0.490 e. The zero-order chi connectivity index (χ0) is 38.6. The number of hydrogen-bond acceptors (Lipinski definition) is 9. The van der Waals surface area contributed by atoms with Crippen molar-refractivity contribution in [2.75, 3.05) is 32.8 Å². The molecule has 0 aliphatic heterocycles. The highest BCUT2D eigenvalue weighted by Crippen LogP contribution is 2.14. The summed E-state index contributed by atoms with van der Waals surface area (Å²) in [6.45, 7) is 4.79. The standard InChI is InChI=1S/C17H37N7O3.3C2HF3O2/c1-14(25)23-15(8-3-2-4-12-22-16(19)20)24-17(26)27-13-6-5-10-21-11-7-9-18;3*3-2(4,5)1(6)7/h15,21H,2-13,18H2,1H3,(H,23,25)(H,24,26)(H4,19,20,22);3*(H,6,7). The van der Waals surface area contributed by atoms with Crippen molar-refractivity contribution >= 4 is 35.9 Å². The highest BCUT2D eigenvalue weighted by molar-refractivity contribution is 5.76. The zero-order valence-corrected chi connectivity index (χ0v) is 25.4. The number of alkyl carbamates (subject to hydrolysis) is 1. The third kappa shape index (κ3) is 41.7. The molecule has 0 saturated carbocycles. The monoisotopic (exact) mass is 729 g/mol. The van der Waals surface area contributed by atoms with Crippen molar-refractivity contribution in [3.63, 3.8) is 0 Å². The predicted molar refractivity (Wildman–Crippen MR) is 148 cm³/mol. The molecule has 0 spiro atoms. The van der Waals surface area contributed by atoms with Crippen LogP contribution in [0.25, 0.3) is 0 Å². The molecule has 0 aliphatic rings. The fourth-order valence-corrected chi connectivity index (χ4v) is 2.32. The van der Waals surface area contributed by atoms with E-state index in [0.29, 0.717) is 26.1 Å². The molecule has 0 aromatic carbocycles. The second kappa shape index (κ2) is 27.8. The Labute approximate surface area is 267 Å². The molecule has 0 bridgehead atoms. The molecule has 12 N–H and O–H groups in total. The predicted octanol–water partition coefficient (Wildman–Crippen LogP) is 1.63. The molecule has 16 nitrogen and oxygen atoms in total. The number of nitrogens with zero attached hydrogens (tertiary/aromatic N) is 1. The number of nitrogens with two attached hydrogens (primary N) is 3. The molecule has 0 fully saturated rings. The molecule has 0 radical (unpaired) electrons. The van der Waals surface area contributed by atoms with Crippen LogP contribution in [0.3, 0.4) is 0 Å². The molecular formula is C23H40F9N7O9. The van der Waals surface area contributed by atoms with E-state index in [1.807, 2.05) is 0 Å². The number of aliphatic carboxylic acids is 3. The number of carboxylic acid groups (broad SMARTS) is 3. The van der Waals surface area contributed by atoms with Gasteiger partial charge in [0.1, 0.15) is 6.17 Å². The number of nitrogens with one attached hydrogen (secondary N) is 3. The number of ether oxygens (including phenoxy) is 1. The largest absolute Gasteiger partial charge is 0.490 e. The maximum atomic E-state index is 11.9. The molecule has 2 amide bonds. The van der Waals surface area contributed by atoms with Crippen LogP contribution in [-0.2, 0) is 23.9 Å². The Morgan fingerprint density at radius 1 is 0.708 bits per heavy atom. The van der Waals surface area contributed by atoms with Gasteiger partial charge < -0.3 is 53.2 Å². The van der Waals surface area contributed by atoms with Gasteiger partial charge in [-0.05, 0) is 58.2 Å². The van der Waals surface area contributed by atoms with Crippen molar-refractivity contribution in [3.05, 3.63) is 0 Å². The summed E-state index contributed by atoms with van der Waals surface area (Å²) >= 11 is 0. The van der Waals surface area contributed by atoms with E-state index in [1.165, 1.54) is 6.92 Å². The first-order valence-electron chi connectivity index (χ1n) is 13.4. The number of carbonyl (C=O) groups excluding carboxylic acids is 2. The van der Waals surface area contributed by atoms with E-state index in [4.69, 9.17) is 51.6 Å². The molecule has 0 saturated heterocycles. The lowest BCUT2D eigenvalue weighted by Crippen LogP contribution is -2.47. The lowest BCUT2D eigenvalue weighted by Gasteiger charge is -2.19. The number of amides is 2. The molecular weight excluding hydrogens is 689 g/mol. The van der Waals surface area contributed by atoms with Gasteiger partial charge in [0, 0.05) is 13.5 Å². The summed E-state index contributed by atoms with van der Waals surface area (Å²) in [6, 6.07) is 0. The first kappa shape index (κ1) is 50.6. The minimum atomic E-state index is -5.08. The fourth-order valence-electron chi connectivity index (χ4n) is 2.32. The summed E-state index contributed by atoms with van der Waals surface area (Å²) in [6.07, 6.45) is -10.4. The number of carboxylic acids is 3. The van der Waals surface area contributed by atoms with Crippen LogP contribution < -0.4 is 33.2 Å². The molecule has 0 aromatic rings. The number of halogens is 9. The smallest absolute Gasteiger partial charge is 0.475 e. The Bertz CT molecular complexity index is 906. The Kier molecular flexibility index (Phi) is 29.3. The Hall–Kier alpha value is -4.29. The highest BCUT2D eigenvalue weighted by atomic mass is 19.4. The van der Waals surface area contributed by atoms with Crippen molar-refractivity contribution in [2.24, 2.45) is 22.2 Å². The first-order valence-corrected chi connectivity index (χ1v) is 13.4. The summed E-state index contributed by atoms with van der Waals surface area (Å²) in [5.74, 6) is -8.39. The number of aliphatic imine (C=N–C) groups is 1. The minimum absolute atomic E-state index is 0.0851. The van der Waals surface area contributed by atoms with Gasteiger partial charge in [-0.1, -0.05) is 6.42 Å². The van der Waals surface area contributed by atoms with Gasteiger partial charge in [-0.3, -0.25) is 9.79 Å². The third-order valence-electron chi connectivity index (χ3n) is 4.38. The van der Waals surface area contributed by atoms with Crippen LogP contribution in [0.2, 0.25) is 0 Å². The molecule has 0 rings (SSSR count). The van der Waals surface area contributed by atoms with Gasteiger partial charge in [0.15, 0.2) is 5.96 Å². The van der Waals surface area contributed by atoms with E-state index >= 15 is 0 Å². The number of unbranched alkanes of at least 4 members (excludes halogenated alkanes) is 3. The van der Waals surface area contributed by atoms with Crippen molar-refractivity contribution in [1.29, 1.82) is 0 Å². The van der Waals surface area contributed by atoms with E-state index in [0.717, 1.165) is 51.6 Å². The topological polar surface area (TPSA) is 282 Å². The first-order chi connectivity index (χ1) is 21.8. The van der Waals surface area contributed by atoms with Crippen molar-refractivity contribution < 1.29 is 83.5 Å². The van der Waals surface area contributed by atoms with E-state index in [-0.39, 0.29) is 11.9 Å². The molecule has 284 valence electrons. The normalized spacial score (nSPS) is 11.4. The minimum Gasteiger partial charge on any atom is -0.475 e. The van der Waals surface area contributed by atoms with E-state index < -0.39 is 48.7 Å². The van der Waals surface area contributed by atoms with Crippen LogP contribution in [-0.4, -0.2) is 109 Å². The van der Waals surface area contributed by atoms with Gasteiger partial charge in [0.05, 0.1) is 6.61 Å². The zero-order valence-electron chi connectivity index (χ0n) is 25.4. The molecule has 0 heterocycles. The number of guanidine groups is 1. The number of carbonyl (C=O) groups is 5. The summed E-state index contributed by atoms with van der Waals surface area (Å²) in [5, 5.41) is 30.0. The molecule has 1 atom stereocenters. The van der Waals surface area contributed by atoms with Crippen molar-refractivity contribution in [2.45, 2.75) is 76.6 Å². The van der Waals surface area contributed by atoms with E-state index in [9.17, 15) is 49.1 Å². The van der Waals surface area contributed by atoms with E-state index in [2.05, 4.69) is 20.9 Å². The Balaban J connectivity index is -0.000000369. The number of hydrogen-bond donors (Lipinski definition) is 9. The second-order valence-electron chi connectivity index (χ2n) is 8.70. The third-order valence-corrected chi connectivity index (χ3v) is 4.38. The fraction of sp³-hybridized carbons (Fsp3) is 0.739. The summed E-state index contributed by atoms with van der Waals surface area (Å²) in [7, 11) is 0. The average Bonchev–Trinajstić information content (AvgIpc) is 2.91. The van der Waals surface area contributed by atoms with Crippen LogP contribution in [0.1, 0.15) is 51.9 Å². The van der Waals surface area contributed by atoms with Crippen molar-refractivity contribution in [3.8, 4) is 0 Å². The SMILES string of the molecule is CC(=O)NC(CCCCCN=C(N)N)NC(=O)OCCCCNCCCN.O=C(O)C(F)(F)F.O=C(O)C(F)(F)F.O=C(O)C(F)(F)F. The molecule has 0 aliphatic carbocycles. The lowest BCUT2D eigenvalue weighted by atomic mass is 10.1. The maximum absolute atomic E-state index is 11.9. The summed E-state index contributed by atoms with van der Waals surface area (Å²) < 4.78 is 100. The Morgan fingerprint density at radius 2 is 1.15 bits per heavy atom. The van der Waals surface area contributed by atoms with Gasteiger partial charge in [-0.15, -0.1) is 0 Å². The highest BCUT2D eigenvalue weighted by Gasteiger charge is 2.39. The second-order valence-corrected chi connectivity index (χ2v) is 8.70. The molecule has 1 unspecified atom stereocenters. The lowest BCUT2D eigenvalue weighted by molar-refractivity contribution is -0.193. The van der Waals surface area contributed by atoms with Crippen LogP contribution in [0, 0.1) is 0 Å². The van der Waals surface area contributed by atoms with Gasteiger partial charge in [-0.25, -0.2) is 19.2 Å². The van der Waals surface area contributed by atoms with Gasteiger partial charge >= 0.3 is 42.5 Å². The molecule has 0 aromatic heterocycles. The van der Waals surface area contributed by atoms with Gasteiger partial charge in [0.2, 0.25) is 5.91 Å². The average molecular weight is 730 g/mol. The molecule has 25 heteroatoms. The van der Waals surface area contributed by atoms with Gasteiger partial charge in [0.25, 0.3) is 0 Å². The summed E-state index contributed by atoms with van der Waals surface area (Å²) in [4.78, 5) is 53.7. The van der Waals surface area contributed by atoms with Crippen LogP contribution in [0.15, 0.2) is 4.99 Å². The van der Waals surface area contributed by atoms with Crippen LogP contribution in [0.5, 0.6) is 0 Å². The number of rotatable bonds is 16. The van der Waals surface area contributed by atoms with Gasteiger partial charge in [-0.2, -0.15) is 39.5 Å². The van der Waals surface area contributed by atoms with Crippen LogP contribution >= 0.6 is 0 Å². The quantitative estimate of drug-likeness (QED) is 0.0360. The van der Waals surface area contributed by atoms with Crippen molar-refractivity contribution in [1.82, 2.24) is 16.0 Å².